The van der Waals surface area contributed by atoms with Crippen molar-refractivity contribution in [2.75, 3.05) is 0 Å². The van der Waals surface area contributed by atoms with Gasteiger partial charge in [0.05, 0.1) is 5.41 Å². The van der Waals surface area contributed by atoms with Gasteiger partial charge in [0, 0.05) is 0 Å². The van der Waals surface area contributed by atoms with Crippen LogP contribution >= 0.6 is 0 Å². The van der Waals surface area contributed by atoms with Gasteiger partial charge in [0.25, 0.3) is 0 Å². The van der Waals surface area contributed by atoms with Crippen molar-refractivity contribution in [2.45, 2.75) is 5.41 Å². The minimum atomic E-state index is -0.557. The maximum atomic E-state index is 2.45. The SMILES string of the molecule is c1ccc(-c2cccc(-c3cccc(C4(c5cccc(-c6cccc(-c7ccccc7)c6)c5)c5cccc6c7ccccc7c7cccc4c7c56)c3)c2)cc1. The molecule has 0 radical (unpaired) electrons. The molecule has 0 fully saturated rings. The molecule has 0 amide bonds. The van der Waals surface area contributed by atoms with Gasteiger partial charge in [-0.2, -0.15) is 0 Å². The van der Waals surface area contributed by atoms with E-state index in [0.717, 1.165) is 0 Å². The van der Waals surface area contributed by atoms with Gasteiger partial charge in [0.15, 0.2) is 0 Å². The third-order valence-corrected chi connectivity index (χ3v) is 11.9. The summed E-state index contributed by atoms with van der Waals surface area (Å²) in [4.78, 5) is 0. The van der Waals surface area contributed by atoms with E-state index in [2.05, 4.69) is 218 Å². The Kier molecular flexibility index (Phi) is 7.19. The summed E-state index contributed by atoms with van der Waals surface area (Å²) in [6.07, 6.45) is 0. The van der Waals surface area contributed by atoms with E-state index in [1.165, 1.54) is 99.1 Å². The van der Waals surface area contributed by atoms with Crippen LogP contribution in [-0.2, 0) is 5.41 Å². The van der Waals surface area contributed by atoms with E-state index < -0.39 is 5.41 Å². The molecule has 0 bridgehead atoms. The lowest BCUT2D eigenvalue weighted by molar-refractivity contribution is 0.772. The van der Waals surface area contributed by atoms with E-state index in [0.29, 0.717) is 0 Å². The van der Waals surface area contributed by atoms with Crippen LogP contribution in [0.4, 0.5) is 0 Å². The summed E-state index contributed by atoms with van der Waals surface area (Å²) < 4.78 is 0. The van der Waals surface area contributed by atoms with Crippen molar-refractivity contribution in [3.05, 3.63) is 241 Å². The predicted molar refractivity (Wildman–Crippen MR) is 233 cm³/mol. The average Bonchev–Trinajstić information content (AvgIpc) is 3.59. The van der Waals surface area contributed by atoms with Gasteiger partial charge in [-0.25, -0.2) is 0 Å². The minimum absolute atomic E-state index is 0.557. The second-order valence-corrected chi connectivity index (χ2v) is 14.8. The molecule has 0 N–H and O–H groups in total. The first-order chi connectivity index (χ1) is 27.3. The standard InChI is InChI=1S/C55H36/c1-3-15-37(16-4-1)39-19-9-21-41(33-39)43-23-11-25-45(35-43)55(46-26-12-24-44(36-46)42-22-10-20-40(34-42)38-17-5-2-6-18-38)51-31-13-29-49-47-27-7-8-28-48(47)50-30-14-32-52(55)54(50)53(49)51/h1-36H. The Balaban J connectivity index is 1.19. The van der Waals surface area contributed by atoms with E-state index in [1.807, 2.05) is 0 Å². The molecule has 0 aromatic heterocycles. The highest BCUT2D eigenvalue weighted by Gasteiger charge is 2.45. The maximum Gasteiger partial charge on any atom is 0.0714 e. The predicted octanol–water partition coefficient (Wildman–Crippen LogP) is 14.5. The molecule has 11 rings (SSSR count). The molecule has 0 nitrogen and oxygen atoms in total. The summed E-state index contributed by atoms with van der Waals surface area (Å²) in [6.45, 7) is 0. The van der Waals surface area contributed by atoms with Crippen LogP contribution in [0.5, 0.6) is 0 Å². The van der Waals surface area contributed by atoms with Gasteiger partial charge in [0.2, 0.25) is 0 Å². The normalized spacial score (nSPS) is 12.9. The minimum Gasteiger partial charge on any atom is -0.0622 e. The fraction of sp³-hybridized carbons (Fsp3) is 0.0182. The third kappa shape index (κ3) is 4.85. The lowest BCUT2D eigenvalue weighted by atomic mass is 9.66. The van der Waals surface area contributed by atoms with Gasteiger partial charge in [-0.15, -0.1) is 0 Å². The van der Waals surface area contributed by atoms with Crippen LogP contribution < -0.4 is 0 Å². The first kappa shape index (κ1) is 31.5. The summed E-state index contributed by atoms with van der Waals surface area (Å²) >= 11 is 0. The molecule has 0 saturated carbocycles. The van der Waals surface area contributed by atoms with Crippen LogP contribution in [0.3, 0.4) is 0 Å². The average molecular weight is 697 g/mol. The van der Waals surface area contributed by atoms with Crippen LogP contribution in [0.2, 0.25) is 0 Å². The summed E-state index contributed by atoms with van der Waals surface area (Å²) in [5.74, 6) is 0. The van der Waals surface area contributed by atoms with Gasteiger partial charge in [-0.1, -0.05) is 194 Å². The van der Waals surface area contributed by atoms with Gasteiger partial charge in [-0.05, 0) is 123 Å². The molecule has 55 heavy (non-hydrogen) atoms. The molecular formula is C55H36. The molecule has 0 aliphatic heterocycles. The number of hydrogen-bond acceptors (Lipinski definition) is 0. The van der Waals surface area contributed by atoms with Crippen LogP contribution in [-0.4, -0.2) is 0 Å². The summed E-state index contributed by atoms with van der Waals surface area (Å²) in [5.41, 5.74) is 14.4. The Morgan fingerprint density at radius 1 is 0.218 bits per heavy atom. The second-order valence-electron chi connectivity index (χ2n) is 14.8. The Hall–Kier alpha value is -7.02. The molecule has 0 atom stereocenters. The molecule has 0 heterocycles. The fourth-order valence-electron chi connectivity index (χ4n) is 9.49. The molecule has 1 aliphatic rings. The quantitative estimate of drug-likeness (QED) is 0.152. The van der Waals surface area contributed by atoms with Crippen molar-refractivity contribution >= 4 is 32.3 Å². The molecule has 0 spiro atoms. The molecule has 1 aliphatic carbocycles. The van der Waals surface area contributed by atoms with Crippen LogP contribution in [0.1, 0.15) is 22.3 Å². The lowest BCUT2D eigenvalue weighted by Crippen LogP contribution is -2.29. The van der Waals surface area contributed by atoms with Gasteiger partial charge in [0.1, 0.15) is 0 Å². The van der Waals surface area contributed by atoms with E-state index in [1.54, 1.807) is 0 Å². The number of fused-ring (bicyclic) bond motifs is 3. The third-order valence-electron chi connectivity index (χ3n) is 11.9. The van der Waals surface area contributed by atoms with Gasteiger partial charge in [-0.3, -0.25) is 0 Å². The largest absolute Gasteiger partial charge is 0.0714 e. The monoisotopic (exact) mass is 696 g/mol. The Morgan fingerprint density at radius 2 is 0.527 bits per heavy atom. The van der Waals surface area contributed by atoms with Crippen molar-refractivity contribution in [3.8, 4) is 44.5 Å². The fourth-order valence-corrected chi connectivity index (χ4v) is 9.49. The van der Waals surface area contributed by atoms with Crippen molar-refractivity contribution < 1.29 is 0 Å². The highest BCUT2D eigenvalue weighted by molar-refractivity contribution is 6.29. The first-order valence-electron chi connectivity index (χ1n) is 19.2. The zero-order chi connectivity index (χ0) is 36.3. The van der Waals surface area contributed by atoms with Gasteiger partial charge < -0.3 is 0 Å². The Morgan fingerprint density at radius 3 is 0.964 bits per heavy atom. The summed E-state index contributed by atoms with van der Waals surface area (Å²) in [7, 11) is 0. The van der Waals surface area contributed by atoms with E-state index in [-0.39, 0.29) is 0 Å². The van der Waals surface area contributed by atoms with E-state index in [4.69, 9.17) is 0 Å². The topological polar surface area (TPSA) is 0 Å². The summed E-state index contributed by atoms with van der Waals surface area (Å²) in [5, 5.41) is 7.96. The molecule has 0 heteroatoms. The van der Waals surface area contributed by atoms with Crippen molar-refractivity contribution in [1.82, 2.24) is 0 Å². The zero-order valence-corrected chi connectivity index (χ0v) is 30.3. The van der Waals surface area contributed by atoms with Crippen LogP contribution in [0.15, 0.2) is 218 Å². The molecule has 0 unspecified atom stereocenters. The highest BCUT2D eigenvalue weighted by atomic mass is 14.5. The zero-order valence-electron chi connectivity index (χ0n) is 30.3. The van der Waals surface area contributed by atoms with Crippen LogP contribution in [0.25, 0.3) is 76.8 Å². The van der Waals surface area contributed by atoms with Crippen LogP contribution in [0, 0.1) is 0 Å². The molecule has 10 aromatic carbocycles. The van der Waals surface area contributed by atoms with Crippen molar-refractivity contribution in [1.29, 1.82) is 0 Å². The number of benzene rings is 10. The molecule has 10 aromatic rings. The lowest BCUT2D eigenvalue weighted by Gasteiger charge is -2.35. The first-order valence-corrected chi connectivity index (χ1v) is 19.2. The number of hydrogen-bond donors (Lipinski definition) is 0. The van der Waals surface area contributed by atoms with Crippen molar-refractivity contribution in [3.63, 3.8) is 0 Å². The second kappa shape index (κ2) is 12.5. The molecular weight excluding hydrogens is 661 g/mol. The maximum absolute atomic E-state index is 2.45. The molecule has 0 saturated heterocycles. The van der Waals surface area contributed by atoms with E-state index >= 15 is 0 Å². The highest BCUT2D eigenvalue weighted by Crippen LogP contribution is 2.57. The smallest absolute Gasteiger partial charge is 0.0622 e. The van der Waals surface area contributed by atoms with Crippen molar-refractivity contribution in [2.24, 2.45) is 0 Å². The molecule has 256 valence electrons. The Bertz CT molecular complexity index is 2870. The number of rotatable bonds is 6. The summed E-state index contributed by atoms with van der Waals surface area (Å²) in [6, 6.07) is 80.9. The Labute approximate surface area is 321 Å². The van der Waals surface area contributed by atoms with Gasteiger partial charge >= 0.3 is 0 Å². The van der Waals surface area contributed by atoms with E-state index in [9.17, 15) is 0 Å².